The van der Waals surface area contributed by atoms with Crippen LogP contribution in [-0.4, -0.2) is 13.2 Å². The third kappa shape index (κ3) is 4.04. The molecule has 0 saturated carbocycles. The molecule has 1 N–H and O–H groups in total. The number of rotatable bonds is 6. The molecule has 4 heteroatoms. The van der Waals surface area contributed by atoms with Gasteiger partial charge in [0, 0.05) is 12.6 Å². The van der Waals surface area contributed by atoms with E-state index in [9.17, 15) is 4.39 Å². The summed E-state index contributed by atoms with van der Waals surface area (Å²) in [4.78, 5) is 0. The van der Waals surface area contributed by atoms with Crippen LogP contribution in [0.4, 0.5) is 4.39 Å². The molecule has 2 aromatic rings. The first-order valence-corrected chi connectivity index (χ1v) is 7.20. The molecule has 0 aliphatic rings. The van der Waals surface area contributed by atoms with Crippen molar-refractivity contribution in [2.75, 3.05) is 7.11 Å². The van der Waals surface area contributed by atoms with Gasteiger partial charge in [0.1, 0.15) is 0 Å². The first kappa shape index (κ1) is 14.0. The Kier molecular flexibility index (Phi) is 4.93. The molecule has 1 aromatic carbocycles. The molecule has 1 atom stereocenters. The lowest BCUT2D eigenvalue weighted by molar-refractivity contribution is 0.386. The summed E-state index contributed by atoms with van der Waals surface area (Å²) < 4.78 is 18.4. The smallest absolute Gasteiger partial charge is 0.165 e. The number of benzene rings is 1. The minimum atomic E-state index is -0.313. The van der Waals surface area contributed by atoms with Gasteiger partial charge in [-0.1, -0.05) is 6.07 Å². The first-order valence-electron chi connectivity index (χ1n) is 6.26. The normalized spacial score (nSPS) is 12.4. The van der Waals surface area contributed by atoms with Crippen molar-refractivity contribution in [2.45, 2.75) is 25.9 Å². The van der Waals surface area contributed by atoms with Gasteiger partial charge in [0.25, 0.3) is 0 Å². The van der Waals surface area contributed by atoms with Crippen molar-refractivity contribution in [3.8, 4) is 5.75 Å². The Bertz CT molecular complexity index is 513. The SMILES string of the molecule is COc1ccc(CNC(C)Cc2ccsc2)cc1F. The minimum Gasteiger partial charge on any atom is -0.494 e. The number of hydrogen-bond donors (Lipinski definition) is 1. The van der Waals surface area contributed by atoms with Crippen LogP contribution >= 0.6 is 11.3 Å². The fourth-order valence-electron chi connectivity index (χ4n) is 1.95. The van der Waals surface area contributed by atoms with E-state index in [1.807, 2.05) is 6.07 Å². The van der Waals surface area contributed by atoms with Crippen LogP contribution in [0.15, 0.2) is 35.0 Å². The number of hydrogen-bond acceptors (Lipinski definition) is 3. The Balaban J connectivity index is 1.86. The summed E-state index contributed by atoms with van der Waals surface area (Å²) in [5.74, 6) is -0.0256. The largest absolute Gasteiger partial charge is 0.494 e. The quantitative estimate of drug-likeness (QED) is 0.872. The van der Waals surface area contributed by atoms with Gasteiger partial charge in [-0.2, -0.15) is 11.3 Å². The van der Waals surface area contributed by atoms with Crippen molar-refractivity contribution in [1.82, 2.24) is 5.32 Å². The van der Waals surface area contributed by atoms with Gasteiger partial charge in [0.15, 0.2) is 11.6 Å². The minimum absolute atomic E-state index is 0.287. The number of halogens is 1. The van der Waals surface area contributed by atoms with Crippen molar-refractivity contribution >= 4 is 11.3 Å². The van der Waals surface area contributed by atoms with Crippen LogP contribution in [0.1, 0.15) is 18.1 Å². The lowest BCUT2D eigenvalue weighted by atomic mass is 10.1. The van der Waals surface area contributed by atoms with E-state index in [2.05, 4.69) is 29.1 Å². The van der Waals surface area contributed by atoms with E-state index >= 15 is 0 Å². The average Bonchev–Trinajstić information content (AvgIpc) is 2.89. The number of ether oxygens (including phenoxy) is 1. The standard InChI is InChI=1S/C15H18FNOS/c1-11(7-13-5-6-19-10-13)17-9-12-3-4-15(18-2)14(16)8-12/h3-6,8,10-11,17H,7,9H2,1-2H3. The molecular weight excluding hydrogens is 261 g/mol. The molecule has 2 rings (SSSR count). The molecule has 0 radical (unpaired) electrons. The summed E-state index contributed by atoms with van der Waals surface area (Å²) in [6.45, 7) is 2.80. The van der Waals surface area contributed by atoms with E-state index < -0.39 is 0 Å². The Morgan fingerprint density at radius 3 is 2.79 bits per heavy atom. The van der Waals surface area contributed by atoms with Gasteiger partial charge in [-0.25, -0.2) is 4.39 Å². The molecule has 0 saturated heterocycles. The fourth-order valence-corrected chi connectivity index (χ4v) is 2.63. The topological polar surface area (TPSA) is 21.3 Å². The number of thiophene rings is 1. The van der Waals surface area contributed by atoms with Crippen molar-refractivity contribution < 1.29 is 9.13 Å². The molecule has 19 heavy (non-hydrogen) atoms. The zero-order valence-corrected chi connectivity index (χ0v) is 12.0. The van der Waals surface area contributed by atoms with Crippen LogP contribution in [0.2, 0.25) is 0 Å². The Morgan fingerprint density at radius 2 is 2.16 bits per heavy atom. The van der Waals surface area contributed by atoms with Gasteiger partial charge in [0.05, 0.1) is 7.11 Å². The maximum atomic E-state index is 13.5. The maximum absolute atomic E-state index is 13.5. The van der Waals surface area contributed by atoms with Crippen molar-refractivity contribution in [3.05, 3.63) is 52.0 Å². The van der Waals surface area contributed by atoms with Crippen LogP contribution in [0.25, 0.3) is 0 Å². The highest BCUT2D eigenvalue weighted by atomic mass is 32.1. The van der Waals surface area contributed by atoms with Crippen molar-refractivity contribution in [3.63, 3.8) is 0 Å². The predicted octanol–water partition coefficient (Wildman–Crippen LogP) is 3.62. The second-order valence-electron chi connectivity index (χ2n) is 4.59. The van der Waals surface area contributed by atoms with Gasteiger partial charge < -0.3 is 10.1 Å². The molecule has 1 aromatic heterocycles. The molecule has 1 heterocycles. The second kappa shape index (κ2) is 6.68. The van der Waals surface area contributed by atoms with Crippen LogP contribution in [0, 0.1) is 5.82 Å². The highest BCUT2D eigenvalue weighted by Gasteiger charge is 2.06. The highest BCUT2D eigenvalue weighted by molar-refractivity contribution is 7.07. The molecular formula is C15H18FNOS. The summed E-state index contributed by atoms with van der Waals surface area (Å²) in [6.07, 6.45) is 0.988. The lowest BCUT2D eigenvalue weighted by Crippen LogP contribution is -2.27. The molecule has 1 unspecified atom stereocenters. The summed E-state index contributed by atoms with van der Waals surface area (Å²) in [5, 5.41) is 7.64. The van der Waals surface area contributed by atoms with Crippen LogP contribution in [0.3, 0.4) is 0 Å². The van der Waals surface area contributed by atoms with E-state index in [1.165, 1.54) is 18.7 Å². The van der Waals surface area contributed by atoms with E-state index in [0.29, 0.717) is 12.6 Å². The van der Waals surface area contributed by atoms with Crippen LogP contribution < -0.4 is 10.1 Å². The average molecular weight is 279 g/mol. The van der Waals surface area contributed by atoms with E-state index in [0.717, 1.165) is 12.0 Å². The molecule has 0 aliphatic carbocycles. The Morgan fingerprint density at radius 1 is 1.32 bits per heavy atom. The molecule has 0 aliphatic heterocycles. The lowest BCUT2D eigenvalue weighted by Gasteiger charge is -2.13. The Labute approximate surface area is 117 Å². The predicted molar refractivity (Wildman–Crippen MR) is 77.3 cm³/mol. The second-order valence-corrected chi connectivity index (χ2v) is 5.37. The monoisotopic (exact) mass is 279 g/mol. The van der Waals surface area contributed by atoms with E-state index in [-0.39, 0.29) is 11.6 Å². The summed E-state index contributed by atoms with van der Waals surface area (Å²) in [5.41, 5.74) is 2.27. The zero-order valence-electron chi connectivity index (χ0n) is 11.2. The summed E-state index contributed by atoms with van der Waals surface area (Å²) >= 11 is 1.71. The van der Waals surface area contributed by atoms with E-state index in [1.54, 1.807) is 17.4 Å². The Hall–Kier alpha value is -1.39. The van der Waals surface area contributed by atoms with Crippen molar-refractivity contribution in [2.24, 2.45) is 0 Å². The van der Waals surface area contributed by atoms with Crippen molar-refractivity contribution in [1.29, 1.82) is 0 Å². The zero-order chi connectivity index (χ0) is 13.7. The van der Waals surface area contributed by atoms with Gasteiger partial charge in [-0.3, -0.25) is 0 Å². The molecule has 0 fully saturated rings. The van der Waals surface area contributed by atoms with Gasteiger partial charge >= 0.3 is 0 Å². The number of methoxy groups -OCH3 is 1. The van der Waals surface area contributed by atoms with Crippen LogP contribution in [0.5, 0.6) is 5.75 Å². The summed E-state index contributed by atoms with van der Waals surface area (Å²) in [7, 11) is 1.47. The molecule has 102 valence electrons. The van der Waals surface area contributed by atoms with Crippen LogP contribution in [-0.2, 0) is 13.0 Å². The van der Waals surface area contributed by atoms with Gasteiger partial charge in [0.2, 0.25) is 0 Å². The maximum Gasteiger partial charge on any atom is 0.165 e. The molecule has 2 nitrogen and oxygen atoms in total. The molecule has 0 spiro atoms. The third-order valence-corrected chi connectivity index (χ3v) is 3.72. The third-order valence-electron chi connectivity index (χ3n) is 2.99. The first-order chi connectivity index (χ1) is 9.19. The fraction of sp³-hybridized carbons (Fsp3) is 0.333. The van der Waals surface area contributed by atoms with Gasteiger partial charge in [-0.15, -0.1) is 0 Å². The molecule has 0 bridgehead atoms. The highest BCUT2D eigenvalue weighted by Crippen LogP contribution is 2.17. The van der Waals surface area contributed by atoms with Gasteiger partial charge in [-0.05, 0) is 53.4 Å². The van der Waals surface area contributed by atoms with E-state index in [4.69, 9.17) is 4.74 Å². The molecule has 0 amide bonds. The summed E-state index contributed by atoms with van der Waals surface area (Å²) in [6, 6.07) is 7.56. The number of nitrogens with one attached hydrogen (secondary N) is 1.